The van der Waals surface area contributed by atoms with Crippen LogP contribution in [0.4, 0.5) is 0 Å². The van der Waals surface area contributed by atoms with E-state index in [-0.39, 0.29) is 35.9 Å². The molecule has 4 atom stereocenters. The molecule has 1 fully saturated rings. The van der Waals surface area contributed by atoms with Gasteiger partial charge in [-0.25, -0.2) is 0 Å². The van der Waals surface area contributed by atoms with E-state index < -0.39 is 18.2 Å². The van der Waals surface area contributed by atoms with E-state index in [1.807, 2.05) is 13.8 Å². The number of carboxylic acids is 1. The van der Waals surface area contributed by atoms with Crippen molar-refractivity contribution in [3.63, 3.8) is 0 Å². The minimum absolute atomic E-state index is 0.0334. The average Bonchev–Trinajstić information content (AvgIpc) is 2.77. The van der Waals surface area contributed by atoms with Crippen molar-refractivity contribution in [3.05, 3.63) is 12.2 Å². The van der Waals surface area contributed by atoms with Crippen LogP contribution >= 0.6 is 0 Å². The lowest BCUT2D eigenvalue weighted by atomic mass is 9.75. The molecule has 0 heterocycles. The fourth-order valence-electron chi connectivity index (χ4n) is 3.59. The lowest BCUT2D eigenvalue weighted by Crippen LogP contribution is -2.26. The van der Waals surface area contributed by atoms with Gasteiger partial charge in [0.25, 0.3) is 0 Å². The molecule has 0 amide bonds. The van der Waals surface area contributed by atoms with Gasteiger partial charge in [-0.15, -0.1) is 0 Å². The molecule has 1 saturated carbocycles. The number of hydrogen-bond acceptors (Lipinski definition) is 4. The van der Waals surface area contributed by atoms with E-state index in [9.17, 15) is 19.8 Å². The Bertz CT molecular complexity index is 469. The minimum atomic E-state index is -0.836. The molecule has 5 heteroatoms. The van der Waals surface area contributed by atoms with E-state index in [0.717, 1.165) is 19.3 Å². The molecule has 0 radical (unpaired) electrons. The Balaban J connectivity index is 2.69. The molecule has 0 aromatic carbocycles. The molecule has 1 aliphatic rings. The van der Waals surface area contributed by atoms with Crippen LogP contribution in [0.15, 0.2) is 12.2 Å². The molecule has 5 nitrogen and oxygen atoms in total. The molecule has 0 unspecified atom stereocenters. The van der Waals surface area contributed by atoms with Gasteiger partial charge in [-0.3, -0.25) is 9.59 Å². The molecule has 0 aliphatic heterocycles. The number of Topliss-reactive ketones (excluding diaryl/α,β-unsaturated/α-hetero) is 1. The Kier molecular flexibility index (Phi) is 8.80. The SMILES string of the molecule is CCCCC[C@H](O)/C=C/[C@H]1[C@H](O)CC(=O)[C@@H]1CC(C)(C)CCC(=O)O. The zero-order valence-electron chi connectivity index (χ0n) is 15.8. The van der Waals surface area contributed by atoms with Crippen molar-refractivity contribution in [2.45, 2.75) is 84.3 Å². The van der Waals surface area contributed by atoms with Crippen LogP contribution in [0, 0.1) is 17.3 Å². The summed E-state index contributed by atoms with van der Waals surface area (Å²) in [5.41, 5.74) is -0.283. The van der Waals surface area contributed by atoms with Crippen molar-refractivity contribution in [3.8, 4) is 0 Å². The van der Waals surface area contributed by atoms with E-state index in [1.54, 1.807) is 12.2 Å². The molecule has 0 aromatic heterocycles. The number of unbranched alkanes of at least 4 members (excludes halogenated alkanes) is 2. The summed E-state index contributed by atoms with van der Waals surface area (Å²) >= 11 is 0. The first-order valence-corrected chi connectivity index (χ1v) is 9.45. The maximum absolute atomic E-state index is 12.3. The van der Waals surface area contributed by atoms with Gasteiger partial charge in [0.2, 0.25) is 0 Å². The Morgan fingerprint density at radius 1 is 1.36 bits per heavy atom. The van der Waals surface area contributed by atoms with E-state index in [1.165, 1.54) is 0 Å². The largest absolute Gasteiger partial charge is 0.481 e. The fourth-order valence-corrected chi connectivity index (χ4v) is 3.59. The maximum Gasteiger partial charge on any atom is 0.303 e. The fraction of sp³-hybridized carbons (Fsp3) is 0.800. The van der Waals surface area contributed by atoms with Gasteiger partial charge in [-0.05, 0) is 24.7 Å². The number of carbonyl (C=O) groups is 2. The lowest BCUT2D eigenvalue weighted by Gasteiger charge is -2.29. The normalized spacial score (nSPS) is 25.6. The highest BCUT2D eigenvalue weighted by atomic mass is 16.4. The number of carboxylic acid groups (broad SMARTS) is 1. The van der Waals surface area contributed by atoms with Gasteiger partial charge in [-0.1, -0.05) is 52.2 Å². The highest BCUT2D eigenvalue weighted by molar-refractivity contribution is 5.84. The number of hydrogen-bond donors (Lipinski definition) is 3. The highest BCUT2D eigenvalue weighted by Crippen LogP contribution is 2.40. The zero-order valence-corrected chi connectivity index (χ0v) is 15.8. The summed E-state index contributed by atoms with van der Waals surface area (Å²) in [5, 5.41) is 29.1. The van der Waals surface area contributed by atoms with Crippen molar-refractivity contribution in [2.24, 2.45) is 17.3 Å². The van der Waals surface area contributed by atoms with Crippen molar-refractivity contribution >= 4 is 11.8 Å². The first-order chi connectivity index (χ1) is 11.7. The Labute approximate surface area is 151 Å². The van der Waals surface area contributed by atoms with Crippen LogP contribution in [0.5, 0.6) is 0 Å². The van der Waals surface area contributed by atoms with E-state index >= 15 is 0 Å². The summed E-state index contributed by atoms with van der Waals surface area (Å²) < 4.78 is 0. The number of aliphatic carboxylic acids is 1. The second kappa shape index (κ2) is 10.1. The first kappa shape index (κ1) is 21.8. The van der Waals surface area contributed by atoms with Gasteiger partial charge in [0, 0.05) is 24.7 Å². The van der Waals surface area contributed by atoms with Gasteiger partial charge in [0.05, 0.1) is 12.2 Å². The summed E-state index contributed by atoms with van der Waals surface area (Å²) in [4.78, 5) is 23.1. The lowest BCUT2D eigenvalue weighted by molar-refractivity contribution is -0.137. The molecular weight excluding hydrogens is 320 g/mol. The predicted molar refractivity (Wildman–Crippen MR) is 97.2 cm³/mol. The molecule has 0 saturated heterocycles. The van der Waals surface area contributed by atoms with E-state index in [2.05, 4.69) is 6.92 Å². The van der Waals surface area contributed by atoms with Gasteiger partial charge in [0.15, 0.2) is 0 Å². The summed E-state index contributed by atoms with van der Waals surface area (Å²) in [7, 11) is 0. The quantitative estimate of drug-likeness (QED) is 0.391. The van der Waals surface area contributed by atoms with Crippen molar-refractivity contribution in [2.75, 3.05) is 0 Å². The molecule has 25 heavy (non-hydrogen) atoms. The minimum Gasteiger partial charge on any atom is -0.481 e. The zero-order chi connectivity index (χ0) is 19.0. The first-order valence-electron chi connectivity index (χ1n) is 9.45. The maximum atomic E-state index is 12.3. The molecule has 0 bridgehead atoms. The van der Waals surface area contributed by atoms with E-state index in [4.69, 9.17) is 5.11 Å². The van der Waals surface area contributed by atoms with Crippen LogP contribution in [0.2, 0.25) is 0 Å². The molecule has 3 N–H and O–H groups in total. The van der Waals surface area contributed by atoms with Crippen molar-refractivity contribution in [1.82, 2.24) is 0 Å². The van der Waals surface area contributed by atoms with Crippen molar-refractivity contribution in [1.29, 1.82) is 0 Å². The third-order valence-electron chi connectivity index (χ3n) is 5.18. The summed E-state index contributed by atoms with van der Waals surface area (Å²) in [5.74, 6) is -1.40. The van der Waals surface area contributed by atoms with Crippen LogP contribution in [0.1, 0.15) is 72.1 Å². The molecule has 144 valence electrons. The number of ketones is 1. The van der Waals surface area contributed by atoms with Gasteiger partial charge in [0.1, 0.15) is 5.78 Å². The second-order valence-electron chi connectivity index (χ2n) is 8.13. The molecule has 0 spiro atoms. The summed E-state index contributed by atoms with van der Waals surface area (Å²) in [6.07, 6.45) is 7.33. The highest BCUT2D eigenvalue weighted by Gasteiger charge is 2.42. The van der Waals surface area contributed by atoms with Crippen LogP contribution in [-0.2, 0) is 9.59 Å². The monoisotopic (exact) mass is 354 g/mol. The third-order valence-corrected chi connectivity index (χ3v) is 5.18. The third kappa shape index (κ3) is 7.70. The van der Waals surface area contributed by atoms with Gasteiger partial charge >= 0.3 is 5.97 Å². The van der Waals surface area contributed by atoms with Crippen LogP contribution in [0.3, 0.4) is 0 Å². The number of aliphatic hydroxyl groups is 2. The Morgan fingerprint density at radius 2 is 2.04 bits per heavy atom. The second-order valence-corrected chi connectivity index (χ2v) is 8.13. The standard InChI is InChI=1S/C20H34O5/c1-4-5-6-7-14(21)8-9-15-16(18(23)12-17(15)22)13-20(2,3)11-10-19(24)25/h8-9,14-17,21-22H,4-7,10-13H2,1-3H3,(H,24,25)/b9-8+/t14-,15+,16+,17+/m0/s1. The van der Waals surface area contributed by atoms with Crippen LogP contribution in [0.25, 0.3) is 0 Å². The number of aliphatic hydroxyl groups excluding tert-OH is 2. The van der Waals surface area contributed by atoms with Crippen molar-refractivity contribution < 1.29 is 24.9 Å². The van der Waals surface area contributed by atoms with Gasteiger partial charge in [-0.2, -0.15) is 0 Å². The Hall–Kier alpha value is -1.20. The smallest absolute Gasteiger partial charge is 0.303 e. The van der Waals surface area contributed by atoms with Gasteiger partial charge < -0.3 is 15.3 Å². The average molecular weight is 354 g/mol. The molecule has 0 aromatic rings. The summed E-state index contributed by atoms with van der Waals surface area (Å²) in [6.45, 7) is 6.04. The summed E-state index contributed by atoms with van der Waals surface area (Å²) in [6, 6.07) is 0. The Morgan fingerprint density at radius 3 is 2.64 bits per heavy atom. The molecular formula is C20H34O5. The van der Waals surface area contributed by atoms with Crippen LogP contribution < -0.4 is 0 Å². The molecule has 1 rings (SSSR count). The van der Waals surface area contributed by atoms with Crippen LogP contribution in [-0.4, -0.2) is 39.3 Å². The number of carbonyl (C=O) groups excluding carboxylic acids is 1. The topological polar surface area (TPSA) is 94.8 Å². The number of rotatable bonds is 11. The predicted octanol–water partition coefficient (Wildman–Crippen LogP) is 3.33. The molecule has 1 aliphatic carbocycles. The van der Waals surface area contributed by atoms with E-state index in [0.29, 0.717) is 19.3 Å².